The van der Waals surface area contributed by atoms with Crippen molar-refractivity contribution >= 4 is 81.0 Å². The van der Waals surface area contributed by atoms with E-state index in [1.54, 1.807) is 17.5 Å². The van der Waals surface area contributed by atoms with Crippen LogP contribution in [0.25, 0.3) is 10.1 Å². The summed E-state index contributed by atoms with van der Waals surface area (Å²) in [7, 11) is 0. The quantitative estimate of drug-likeness (QED) is 0.700. The van der Waals surface area contributed by atoms with Crippen molar-refractivity contribution in [2.75, 3.05) is 5.32 Å². The maximum atomic E-state index is 11.9. The van der Waals surface area contributed by atoms with Gasteiger partial charge in [0.1, 0.15) is 0 Å². The van der Waals surface area contributed by atoms with Gasteiger partial charge in [-0.3, -0.25) is 10.1 Å². The molecule has 1 aromatic carbocycles. The second-order valence-electron chi connectivity index (χ2n) is 3.46. The highest BCUT2D eigenvalue weighted by Crippen LogP contribution is 2.22. The highest BCUT2D eigenvalue weighted by atomic mass is 35.5. The molecule has 3 nitrogen and oxygen atoms in total. The van der Waals surface area contributed by atoms with Crippen molar-refractivity contribution in [2.24, 2.45) is 0 Å². The molecular formula is C12H11Cl3N2OS2. The number of rotatable bonds is 2. The molecule has 0 bridgehead atoms. The Bertz CT molecular complexity index is 670. The third-order valence-electron chi connectivity index (χ3n) is 2.37. The molecule has 0 saturated carbocycles. The van der Waals surface area contributed by atoms with E-state index in [0.717, 1.165) is 4.70 Å². The maximum absolute atomic E-state index is 11.9. The molecule has 0 saturated heterocycles. The molecule has 0 aliphatic rings. The third kappa shape index (κ3) is 4.07. The predicted molar refractivity (Wildman–Crippen MR) is 93.6 cm³/mol. The largest absolute Gasteiger partial charge is 0.298 e. The van der Waals surface area contributed by atoms with Gasteiger partial charge in [0.15, 0.2) is 5.13 Å². The summed E-state index contributed by atoms with van der Waals surface area (Å²) in [6.45, 7) is 0. The Morgan fingerprint density at radius 2 is 1.85 bits per heavy atom. The zero-order valence-electron chi connectivity index (χ0n) is 9.94. The fraction of sp³-hybridized carbons (Fsp3) is 0. The molecule has 1 N–H and O–H groups in total. The van der Waals surface area contributed by atoms with E-state index in [1.807, 2.05) is 35.0 Å². The van der Waals surface area contributed by atoms with Gasteiger partial charge in [0.05, 0.1) is 0 Å². The van der Waals surface area contributed by atoms with Crippen LogP contribution in [-0.2, 0) is 0 Å². The highest BCUT2D eigenvalue weighted by molar-refractivity contribution is 7.17. The van der Waals surface area contributed by atoms with Crippen LogP contribution in [0.5, 0.6) is 0 Å². The lowest BCUT2D eigenvalue weighted by Gasteiger charge is -2.01. The first-order valence-electron chi connectivity index (χ1n) is 5.01. The van der Waals surface area contributed by atoms with E-state index < -0.39 is 0 Å². The summed E-state index contributed by atoms with van der Waals surface area (Å²) in [5.41, 5.74) is 0.662. The second kappa shape index (κ2) is 8.44. The van der Waals surface area contributed by atoms with E-state index in [4.69, 9.17) is 0 Å². The Balaban J connectivity index is 0.00000120. The Morgan fingerprint density at radius 3 is 2.55 bits per heavy atom. The van der Waals surface area contributed by atoms with Crippen LogP contribution >= 0.6 is 59.9 Å². The van der Waals surface area contributed by atoms with E-state index in [9.17, 15) is 4.79 Å². The topological polar surface area (TPSA) is 42.0 Å². The molecule has 0 aliphatic carbocycles. The first-order chi connectivity index (χ1) is 8.33. The number of thiazole rings is 1. The van der Waals surface area contributed by atoms with Crippen LogP contribution in [0.4, 0.5) is 5.13 Å². The molecule has 8 heteroatoms. The number of hydrogen-bond donors (Lipinski definition) is 1. The lowest BCUT2D eigenvalue weighted by molar-refractivity contribution is 0.102. The number of nitrogens with zero attached hydrogens (tertiary/aromatic N) is 1. The SMILES string of the molecule is Cl.Cl.Cl.O=C(Nc1nccs1)c1ccc2ccsc2c1. The van der Waals surface area contributed by atoms with Crippen molar-refractivity contribution in [2.45, 2.75) is 0 Å². The van der Waals surface area contributed by atoms with Crippen LogP contribution in [0, 0.1) is 0 Å². The molecule has 3 rings (SSSR count). The van der Waals surface area contributed by atoms with Gasteiger partial charge in [-0.25, -0.2) is 4.98 Å². The number of carbonyl (C=O) groups is 1. The summed E-state index contributed by atoms with van der Waals surface area (Å²) >= 11 is 3.04. The number of thiophene rings is 1. The Hall–Kier alpha value is -0.850. The minimum absolute atomic E-state index is 0. The lowest BCUT2D eigenvalue weighted by Crippen LogP contribution is -2.11. The van der Waals surface area contributed by atoms with E-state index >= 15 is 0 Å². The van der Waals surface area contributed by atoms with Crippen molar-refractivity contribution in [1.82, 2.24) is 4.98 Å². The number of halogens is 3. The fourth-order valence-electron chi connectivity index (χ4n) is 1.55. The average Bonchev–Trinajstić information content (AvgIpc) is 2.97. The Kier molecular flexibility index (Phi) is 8.08. The summed E-state index contributed by atoms with van der Waals surface area (Å²) in [6.07, 6.45) is 1.67. The van der Waals surface area contributed by atoms with Crippen LogP contribution in [-0.4, -0.2) is 10.9 Å². The van der Waals surface area contributed by atoms with Gasteiger partial charge in [0.25, 0.3) is 5.91 Å². The molecule has 0 unspecified atom stereocenters. The summed E-state index contributed by atoms with van der Waals surface area (Å²) in [4.78, 5) is 16.0. The fourth-order valence-corrected chi connectivity index (χ4v) is 2.90. The van der Waals surface area contributed by atoms with Gasteiger partial charge in [-0.05, 0) is 29.0 Å². The zero-order valence-corrected chi connectivity index (χ0v) is 14.0. The van der Waals surface area contributed by atoms with Gasteiger partial charge in [-0.15, -0.1) is 59.9 Å². The van der Waals surface area contributed by atoms with Gasteiger partial charge in [0.2, 0.25) is 0 Å². The maximum Gasteiger partial charge on any atom is 0.257 e. The molecule has 1 amide bonds. The van der Waals surface area contributed by atoms with Crippen LogP contribution in [0.15, 0.2) is 41.2 Å². The van der Waals surface area contributed by atoms with Gasteiger partial charge in [-0.1, -0.05) is 6.07 Å². The van der Waals surface area contributed by atoms with Crippen molar-refractivity contribution < 1.29 is 4.79 Å². The number of fused-ring (bicyclic) bond motifs is 1. The van der Waals surface area contributed by atoms with Gasteiger partial charge in [-0.2, -0.15) is 0 Å². The molecular weight excluding hydrogens is 359 g/mol. The standard InChI is InChI=1S/C12H8N2OS2.3ClH/c15-11(14-12-13-4-6-17-12)9-2-1-8-3-5-16-10(8)7-9;;;/h1-7H,(H,13,14,15);3*1H. The molecule has 2 heterocycles. The highest BCUT2D eigenvalue weighted by Gasteiger charge is 2.08. The predicted octanol–water partition coefficient (Wildman–Crippen LogP) is 4.88. The van der Waals surface area contributed by atoms with Gasteiger partial charge >= 0.3 is 0 Å². The van der Waals surface area contributed by atoms with E-state index in [-0.39, 0.29) is 43.1 Å². The smallest absolute Gasteiger partial charge is 0.257 e. The Labute approximate surface area is 142 Å². The summed E-state index contributed by atoms with van der Waals surface area (Å²) in [5.74, 6) is -0.116. The van der Waals surface area contributed by atoms with E-state index in [0.29, 0.717) is 10.7 Å². The minimum Gasteiger partial charge on any atom is -0.298 e. The molecule has 0 atom stereocenters. The summed E-state index contributed by atoms with van der Waals surface area (Å²) in [5, 5.41) is 8.41. The molecule has 0 fully saturated rings. The van der Waals surface area contributed by atoms with Gasteiger partial charge < -0.3 is 0 Å². The van der Waals surface area contributed by atoms with Crippen molar-refractivity contribution in [3.05, 3.63) is 46.8 Å². The number of amides is 1. The number of hydrogen-bond acceptors (Lipinski definition) is 4. The summed E-state index contributed by atoms with van der Waals surface area (Å²) in [6, 6.07) is 7.74. The van der Waals surface area contributed by atoms with Crippen LogP contribution in [0.1, 0.15) is 10.4 Å². The third-order valence-corrected chi connectivity index (χ3v) is 3.94. The molecule has 0 spiro atoms. The van der Waals surface area contributed by atoms with Crippen molar-refractivity contribution in [3.63, 3.8) is 0 Å². The normalized spacial score (nSPS) is 9.00. The Morgan fingerprint density at radius 1 is 1.05 bits per heavy atom. The number of benzene rings is 1. The van der Waals surface area contributed by atoms with Crippen LogP contribution in [0.2, 0.25) is 0 Å². The van der Waals surface area contributed by atoms with Crippen molar-refractivity contribution in [1.29, 1.82) is 0 Å². The number of aromatic nitrogens is 1. The molecule has 0 aliphatic heterocycles. The molecule has 2 aromatic heterocycles. The van der Waals surface area contributed by atoms with Crippen LogP contribution < -0.4 is 5.32 Å². The summed E-state index contributed by atoms with van der Waals surface area (Å²) < 4.78 is 1.12. The van der Waals surface area contributed by atoms with Gasteiger partial charge in [0, 0.05) is 21.8 Å². The molecule has 108 valence electrons. The average molecular weight is 370 g/mol. The number of anilines is 1. The van der Waals surface area contributed by atoms with Crippen molar-refractivity contribution in [3.8, 4) is 0 Å². The second-order valence-corrected chi connectivity index (χ2v) is 5.31. The first kappa shape index (κ1) is 19.1. The monoisotopic (exact) mass is 368 g/mol. The lowest BCUT2D eigenvalue weighted by atomic mass is 10.2. The zero-order chi connectivity index (χ0) is 11.7. The molecule has 0 radical (unpaired) electrons. The minimum atomic E-state index is -0.116. The van der Waals surface area contributed by atoms with E-state index in [2.05, 4.69) is 10.3 Å². The number of nitrogens with one attached hydrogen (secondary N) is 1. The first-order valence-corrected chi connectivity index (χ1v) is 6.77. The number of carbonyl (C=O) groups excluding carboxylic acids is 1. The molecule has 3 aromatic rings. The molecule has 20 heavy (non-hydrogen) atoms. The van der Waals surface area contributed by atoms with Crippen LogP contribution in [0.3, 0.4) is 0 Å². The van der Waals surface area contributed by atoms with E-state index in [1.165, 1.54) is 16.7 Å².